The summed E-state index contributed by atoms with van der Waals surface area (Å²) in [6, 6.07) is 4.43. The highest BCUT2D eigenvalue weighted by Gasteiger charge is 2.26. The van der Waals surface area contributed by atoms with Gasteiger partial charge in [-0.25, -0.2) is 0 Å². The first-order chi connectivity index (χ1) is 8.33. The predicted molar refractivity (Wildman–Crippen MR) is 61.8 cm³/mol. The number of rotatable bonds is 5. The first kappa shape index (κ1) is 14.8. The van der Waals surface area contributed by atoms with E-state index in [1.54, 1.807) is 6.92 Å². The molecule has 0 bridgehead atoms. The molecule has 1 unspecified atom stereocenters. The Morgan fingerprint density at radius 2 is 2.06 bits per heavy atom. The van der Waals surface area contributed by atoms with Crippen LogP contribution in [0, 0.1) is 0 Å². The fourth-order valence-corrected chi connectivity index (χ4v) is 1.54. The van der Waals surface area contributed by atoms with Gasteiger partial charge in [-0.1, -0.05) is 12.1 Å². The number of nitrogens with two attached hydrogens (primary N) is 1. The Balaban J connectivity index is 2.73. The average Bonchev–Trinajstić information content (AvgIpc) is 2.25. The van der Waals surface area contributed by atoms with Crippen LogP contribution < -0.4 is 5.73 Å². The topological polar surface area (TPSA) is 55.5 Å². The van der Waals surface area contributed by atoms with Crippen molar-refractivity contribution in [3.05, 3.63) is 29.3 Å². The minimum atomic E-state index is -4.18. The molecule has 0 saturated heterocycles. The predicted octanol–water partition coefficient (Wildman–Crippen LogP) is 2.79. The van der Waals surface area contributed by atoms with Gasteiger partial charge in [-0.15, -0.1) is 0 Å². The highest BCUT2D eigenvalue weighted by Crippen LogP contribution is 2.26. The summed E-state index contributed by atoms with van der Waals surface area (Å²) in [4.78, 5) is 0. The molecule has 0 amide bonds. The summed E-state index contributed by atoms with van der Waals surface area (Å²) in [7, 11) is 0. The van der Waals surface area contributed by atoms with Crippen molar-refractivity contribution < 1.29 is 23.0 Å². The van der Waals surface area contributed by atoms with E-state index in [0.717, 1.165) is 0 Å². The zero-order valence-electron chi connectivity index (χ0n) is 10.00. The molecule has 3 N–H and O–H groups in total. The van der Waals surface area contributed by atoms with Crippen LogP contribution in [0.4, 0.5) is 18.9 Å². The zero-order valence-corrected chi connectivity index (χ0v) is 10.00. The molecule has 6 heteroatoms. The second kappa shape index (κ2) is 6.06. The van der Waals surface area contributed by atoms with Gasteiger partial charge < -0.3 is 15.6 Å². The van der Waals surface area contributed by atoms with Crippen molar-refractivity contribution in [3.63, 3.8) is 0 Å². The van der Waals surface area contributed by atoms with Crippen molar-refractivity contribution in [2.45, 2.75) is 32.2 Å². The van der Waals surface area contributed by atoms with E-state index in [1.165, 1.54) is 18.2 Å². The molecule has 0 saturated carbocycles. The standard InChI is InChI=1S/C12H16F3NO2/c1-2-18-11(17)9-4-3-8(7-10(9)16)5-6-12(13,14)15/h3-4,7,11,17H,2,5-6,16H2,1H3. The smallest absolute Gasteiger partial charge is 0.389 e. The minimum Gasteiger partial charge on any atom is -0.398 e. The number of anilines is 1. The van der Waals surface area contributed by atoms with Gasteiger partial charge >= 0.3 is 6.18 Å². The number of aryl methyl sites for hydroxylation is 1. The average molecular weight is 263 g/mol. The fraction of sp³-hybridized carbons (Fsp3) is 0.500. The molecule has 102 valence electrons. The SMILES string of the molecule is CCOC(O)c1ccc(CCC(F)(F)F)cc1N. The number of hydrogen-bond acceptors (Lipinski definition) is 3. The van der Waals surface area contributed by atoms with Crippen LogP contribution in [-0.4, -0.2) is 17.9 Å². The number of benzene rings is 1. The maximum Gasteiger partial charge on any atom is 0.389 e. The zero-order chi connectivity index (χ0) is 13.8. The number of nitrogen functional groups attached to an aromatic ring is 1. The second-order valence-corrected chi connectivity index (χ2v) is 3.89. The van der Waals surface area contributed by atoms with E-state index in [9.17, 15) is 18.3 Å². The molecule has 0 aliphatic carbocycles. The van der Waals surface area contributed by atoms with Crippen LogP contribution in [0.25, 0.3) is 0 Å². The largest absolute Gasteiger partial charge is 0.398 e. The van der Waals surface area contributed by atoms with Gasteiger partial charge in [-0.3, -0.25) is 0 Å². The number of aliphatic hydroxyl groups is 1. The van der Waals surface area contributed by atoms with Crippen LogP contribution in [0.1, 0.15) is 30.8 Å². The van der Waals surface area contributed by atoms with Crippen LogP contribution in [0.5, 0.6) is 0 Å². The van der Waals surface area contributed by atoms with E-state index in [4.69, 9.17) is 10.5 Å². The third kappa shape index (κ3) is 4.54. The van der Waals surface area contributed by atoms with Crippen molar-refractivity contribution in [1.29, 1.82) is 0 Å². The number of alkyl halides is 3. The van der Waals surface area contributed by atoms with Crippen molar-refractivity contribution >= 4 is 5.69 Å². The van der Waals surface area contributed by atoms with Gasteiger partial charge in [-0.05, 0) is 25.0 Å². The number of hydrogen-bond donors (Lipinski definition) is 2. The van der Waals surface area contributed by atoms with Gasteiger partial charge in [0, 0.05) is 24.3 Å². The van der Waals surface area contributed by atoms with Crippen molar-refractivity contribution in [2.75, 3.05) is 12.3 Å². The monoisotopic (exact) mass is 263 g/mol. The summed E-state index contributed by atoms with van der Waals surface area (Å²) in [5, 5.41) is 9.57. The Labute approximate surface area is 103 Å². The fourth-order valence-electron chi connectivity index (χ4n) is 1.54. The molecule has 0 aromatic heterocycles. The highest BCUT2D eigenvalue weighted by molar-refractivity contribution is 5.49. The van der Waals surface area contributed by atoms with E-state index in [1.807, 2.05) is 0 Å². The van der Waals surface area contributed by atoms with E-state index >= 15 is 0 Å². The molecular formula is C12H16F3NO2. The summed E-state index contributed by atoms with van der Waals surface area (Å²) in [5.74, 6) is 0. The molecule has 0 aliphatic heterocycles. The molecular weight excluding hydrogens is 247 g/mol. The van der Waals surface area contributed by atoms with E-state index in [-0.39, 0.29) is 12.1 Å². The summed E-state index contributed by atoms with van der Waals surface area (Å²) in [6.45, 7) is 2.04. The highest BCUT2D eigenvalue weighted by atomic mass is 19.4. The number of aliphatic hydroxyl groups excluding tert-OH is 1. The molecule has 0 spiro atoms. The quantitative estimate of drug-likeness (QED) is 0.634. The molecule has 0 fully saturated rings. The maximum atomic E-state index is 12.1. The molecule has 1 rings (SSSR count). The first-order valence-corrected chi connectivity index (χ1v) is 5.58. The van der Waals surface area contributed by atoms with E-state index in [0.29, 0.717) is 17.7 Å². The third-order valence-corrected chi connectivity index (χ3v) is 2.44. The Bertz CT molecular complexity index is 393. The van der Waals surface area contributed by atoms with Gasteiger partial charge in [0.25, 0.3) is 0 Å². The van der Waals surface area contributed by atoms with Crippen LogP contribution in [0.2, 0.25) is 0 Å². The summed E-state index contributed by atoms with van der Waals surface area (Å²) < 4.78 is 41.1. The Morgan fingerprint density at radius 3 is 2.56 bits per heavy atom. The lowest BCUT2D eigenvalue weighted by molar-refractivity contribution is -0.134. The van der Waals surface area contributed by atoms with Gasteiger partial charge in [0.1, 0.15) is 0 Å². The molecule has 1 atom stereocenters. The third-order valence-electron chi connectivity index (χ3n) is 2.44. The van der Waals surface area contributed by atoms with Crippen LogP contribution in [0.3, 0.4) is 0 Å². The Morgan fingerprint density at radius 1 is 1.39 bits per heavy atom. The van der Waals surface area contributed by atoms with Crippen LogP contribution in [-0.2, 0) is 11.2 Å². The molecule has 0 aliphatic rings. The van der Waals surface area contributed by atoms with E-state index < -0.39 is 18.9 Å². The summed E-state index contributed by atoms with van der Waals surface area (Å²) >= 11 is 0. The second-order valence-electron chi connectivity index (χ2n) is 3.89. The molecule has 18 heavy (non-hydrogen) atoms. The number of halogens is 3. The van der Waals surface area contributed by atoms with Gasteiger partial charge in [0.05, 0.1) is 0 Å². The maximum absolute atomic E-state index is 12.1. The van der Waals surface area contributed by atoms with Gasteiger partial charge in [-0.2, -0.15) is 13.2 Å². The first-order valence-electron chi connectivity index (χ1n) is 5.58. The molecule has 0 heterocycles. The summed E-state index contributed by atoms with van der Waals surface area (Å²) in [6.07, 6.45) is -6.34. The Hall–Kier alpha value is -1.27. The lowest BCUT2D eigenvalue weighted by Crippen LogP contribution is -2.10. The molecule has 3 nitrogen and oxygen atoms in total. The summed E-state index contributed by atoms with van der Waals surface area (Å²) in [5.41, 5.74) is 6.75. The van der Waals surface area contributed by atoms with Crippen LogP contribution in [0.15, 0.2) is 18.2 Å². The van der Waals surface area contributed by atoms with Gasteiger partial charge in [0.15, 0.2) is 6.29 Å². The van der Waals surface area contributed by atoms with Crippen molar-refractivity contribution in [1.82, 2.24) is 0 Å². The molecule has 1 aromatic rings. The van der Waals surface area contributed by atoms with Crippen molar-refractivity contribution in [2.24, 2.45) is 0 Å². The normalized spacial score (nSPS) is 13.6. The van der Waals surface area contributed by atoms with E-state index in [2.05, 4.69) is 0 Å². The molecule has 0 radical (unpaired) electrons. The molecule has 1 aromatic carbocycles. The Kier molecular flexibility index (Phi) is 4.98. The lowest BCUT2D eigenvalue weighted by atomic mass is 10.0. The van der Waals surface area contributed by atoms with Crippen molar-refractivity contribution in [3.8, 4) is 0 Å². The minimum absolute atomic E-state index is 0.126. The van der Waals surface area contributed by atoms with Crippen LogP contribution >= 0.6 is 0 Å². The lowest BCUT2D eigenvalue weighted by Gasteiger charge is -2.14. The van der Waals surface area contributed by atoms with Gasteiger partial charge in [0.2, 0.25) is 0 Å². The number of ether oxygens (including phenoxy) is 1.